The van der Waals surface area contributed by atoms with Crippen molar-refractivity contribution in [3.63, 3.8) is 0 Å². The fourth-order valence-corrected chi connectivity index (χ4v) is 3.92. The molecule has 1 atom stereocenters. The quantitative estimate of drug-likeness (QED) is 0.590. The van der Waals surface area contributed by atoms with Gasteiger partial charge in [-0.25, -0.2) is 0 Å². The highest BCUT2D eigenvalue weighted by Crippen LogP contribution is 2.49. The van der Waals surface area contributed by atoms with Crippen LogP contribution in [0.25, 0.3) is 10.9 Å². The van der Waals surface area contributed by atoms with E-state index in [4.69, 9.17) is 0 Å². The Hall–Kier alpha value is -1.98. The van der Waals surface area contributed by atoms with Crippen LogP contribution in [0.15, 0.2) is 48.0 Å². The number of para-hydroxylation sites is 1. The molecule has 1 fully saturated rings. The summed E-state index contributed by atoms with van der Waals surface area (Å²) in [6, 6.07) is 12.8. The number of aryl methyl sites for hydroxylation is 1. The monoisotopic (exact) mass is 305 g/mol. The molecule has 3 aromatic rings. The van der Waals surface area contributed by atoms with E-state index in [2.05, 4.69) is 78.4 Å². The Morgan fingerprint density at radius 2 is 2.00 bits per heavy atom. The lowest BCUT2D eigenvalue weighted by Gasteiger charge is -2.23. The Labute approximate surface area is 135 Å². The summed E-state index contributed by atoms with van der Waals surface area (Å²) in [5, 5.41) is 3.44. The lowest BCUT2D eigenvalue weighted by atomic mass is 9.78. The topological polar surface area (TPSA) is 4.93 Å². The molecule has 1 aliphatic rings. The lowest BCUT2D eigenvalue weighted by Crippen LogP contribution is -2.22. The van der Waals surface area contributed by atoms with E-state index in [-0.39, 0.29) is 5.41 Å². The first-order valence-corrected chi connectivity index (χ1v) is 8.68. The minimum Gasteiger partial charge on any atom is -0.350 e. The maximum Gasteiger partial charge on any atom is 0.0768 e. The number of thiophene rings is 1. The SMILES string of the molecule is Cn1cc(C(C)(C#Cc2cccs2)C2CC2)c2ccccc21. The minimum absolute atomic E-state index is 0.0507. The molecule has 0 N–H and O–H groups in total. The Morgan fingerprint density at radius 1 is 1.18 bits per heavy atom. The van der Waals surface area contributed by atoms with Gasteiger partial charge in [-0.15, -0.1) is 11.3 Å². The second-order valence-electron chi connectivity index (χ2n) is 6.37. The normalized spacial score (nSPS) is 17.0. The molecule has 1 aromatic carbocycles. The Morgan fingerprint density at radius 3 is 2.73 bits per heavy atom. The van der Waals surface area contributed by atoms with Crippen molar-refractivity contribution in [3.8, 4) is 11.8 Å². The zero-order valence-corrected chi connectivity index (χ0v) is 13.8. The van der Waals surface area contributed by atoms with Gasteiger partial charge in [-0.1, -0.05) is 36.1 Å². The summed E-state index contributed by atoms with van der Waals surface area (Å²) < 4.78 is 2.23. The average molecular weight is 305 g/mol. The molecule has 0 saturated heterocycles. The van der Waals surface area contributed by atoms with Crippen molar-refractivity contribution in [2.45, 2.75) is 25.2 Å². The zero-order chi connectivity index (χ0) is 15.2. The third-order valence-corrected chi connectivity index (χ3v) is 5.60. The first kappa shape index (κ1) is 13.7. The summed E-state index contributed by atoms with van der Waals surface area (Å²) in [6.07, 6.45) is 4.86. The van der Waals surface area contributed by atoms with Gasteiger partial charge in [-0.2, -0.15) is 0 Å². The Kier molecular flexibility index (Phi) is 3.13. The van der Waals surface area contributed by atoms with Gasteiger partial charge in [-0.3, -0.25) is 0 Å². The minimum atomic E-state index is -0.0507. The van der Waals surface area contributed by atoms with E-state index in [1.807, 2.05) is 0 Å². The number of benzene rings is 1. The van der Waals surface area contributed by atoms with Crippen molar-refractivity contribution < 1.29 is 0 Å². The Balaban J connectivity index is 1.88. The molecule has 110 valence electrons. The van der Waals surface area contributed by atoms with Gasteiger partial charge in [0.25, 0.3) is 0 Å². The maximum atomic E-state index is 3.63. The number of nitrogens with zero attached hydrogens (tertiary/aromatic N) is 1. The maximum absolute atomic E-state index is 3.63. The third-order valence-electron chi connectivity index (χ3n) is 4.82. The molecule has 0 radical (unpaired) electrons. The van der Waals surface area contributed by atoms with Crippen molar-refractivity contribution in [3.05, 3.63) is 58.4 Å². The largest absolute Gasteiger partial charge is 0.350 e. The highest BCUT2D eigenvalue weighted by Gasteiger charge is 2.43. The van der Waals surface area contributed by atoms with Crippen LogP contribution in [0.1, 0.15) is 30.2 Å². The predicted molar refractivity (Wildman–Crippen MR) is 94.2 cm³/mol. The summed E-state index contributed by atoms with van der Waals surface area (Å²) in [5.74, 6) is 7.73. The first-order valence-electron chi connectivity index (χ1n) is 7.80. The zero-order valence-electron chi connectivity index (χ0n) is 13.0. The van der Waals surface area contributed by atoms with Gasteiger partial charge < -0.3 is 4.57 Å². The van der Waals surface area contributed by atoms with Gasteiger partial charge in [0.15, 0.2) is 0 Å². The highest BCUT2D eigenvalue weighted by molar-refractivity contribution is 7.10. The first-order chi connectivity index (χ1) is 10.7. The number of aromatic nitrogens is 1. The summed E-state index contributed by atoms with van der Waals surface area (Å²) in [4.78, 5) is 1.16. The standard InChI is InChI=1S/C20H19NS/c1-20(15-9-10-15,12-11-16-6-5-13-22-16)18-14-21(2)19-8-4-3-7-17(18)19/h3-8,13-15H,9-10H2,1-2H3. The van der Waals surface area contributed by atoms with Crippen LogP contribution in [0.3, 0.4) is 0 Å². The van der Waals surface area contributed by atoms with Crippen LogP contribution in [-0.2, 0) is 12.5 Å². The molecule has 1 unspecified atom stereocenters. The summed E-state index contributed by atoms with van der Waals surface area (Å²) >= 11 is 1.72. The number of hydrogen-bond acceptors (Lipinski definition) is 1. The Bertz CT molecular complexity index is 871. The van der Waals surface area contributed by atoms with E-state index >= 15 is 0 Å². The van der Waals surface area contributed by atoms with Crippen molar-refractivity contribution in [2.75, 3.05) is 0 Å². The molecule has 1 saturated carbocycles. The van der Waals surface area contributed by atoms with E-state index in [1.54, 1.807) is 11.3 Å². The van der Waals surface area contributed by atoms with E-state index in [1.165, 1.54) is 29.3 Å². The fraction of sp³-hybridized carbons (Fsp3) is 0.300. The molecule has 4 rings (SSSR count). The summed E-state index contributed by atoms with van der Waals surface area (Å²) in [7, 11) is 2.13. The van der Waals surface area contributed by atoms with Crippen molar-refractivity contribution in [1.82, 2.24) is 4.57 Å². The van der Waals surface area contributed by atoms with E-state index in [9.17, 15) is 0 Å². The summed E-state index contributed by atoms with van der Waals surface area (Å²) in [5.41, 5.74) is 2.63. The van der Waals surface area contributed by atoms with Crippen LogP contribution in [0.2, 0.25) is 0 Å². The fourth-order valence-electron chi connectivity index (χ4n) is 3.35. The lowest BCUT2D eigenvalue weighted by molar-refractivity contribution is 0.538. The second kappa shape index (κ2) is 5.04. The van der Waals surface area contributed by atoms with Crippen LogP contribution < -0.4 is 0 Å². The third kappa shape index (κ3) is 2.17. The molecule has 2 heterocycles. The van der Waals surface area contributed by atoms with Crippen LogP contribution in [0.4, 0.5) is 0 Å². The molecule has 22 heavy (non-hydrogen) atoms. The van der Waals surface area contributed by atoms with Crippen LogP contribution in [-0.4, -0.2) is 4.57 Å². The van der Waals surface area contributed by atoms with Gasteiger partial charge in [-0.05, 0) is 48.8 Å². The van der Waals surface area contributed by atoms with Crippen molar-refractivity contribution in [2.24, 2.45) is 13.0 Å². The van der Waals surface area contributed by atoms with Crippen LogP contribution in [0, 0.1) is 17.8 Å². The van der Waals surface area contributed by atoms with Gasteiger partial charge in [0, 0.05) is 24.1 Å². The predicted octanol–water partition coefficient (Wildman–Crippen LogP) is 4.96. The molecular formula is C20H19NS. The van der Waals surface area contributed by atoms with Gasteiger partial charge in [0.05, 0.1) is 10.3 Å². The molecule has 1 aliphatic carbocycles. The van der Waals surface area contributed by atoms with Crippen molar-refractivity contribution >= 4 is 22.2 Å². The highest BCUT2D eigenvalue weighted by atomic mass is 32.1. The number of hydrogen-bond donors (Lipinski definition) is 0. The van der Waals surface area contributed by atoms with Crippen molar-refractivity contribution in [1.29, 1.82) is 0 Å². The molecule has 0 amide bonds. The van der Waals surface area contributed by atoms with Crippen LogP contribution in [0.5, 0.6) is 0 Å². The molecule has 0 aliphatic heterocycles. The second-order valence-corrected chi connectivity index (χ2v) is 7.32. The van der Waals surface area contributed by atoms with E-state index < -0.39 is 0 Å². The molecular weight excluding hydrogens is 286 g/mol. The average Bonchev–Trinajstić information content (AvgIpc) is 3.17. The van der Waals surface area contributed by atoms with Gasteiger partial charge in [0.1, 0.15) is 0 Å². The molecule has 0 bridgehead atoms. The summed E-state index contributed by atoms with van der Waals surface area (Å²) in [6.45, 7) is 2.33. The molecule has 2 heteroatoms. The van der Waals surface area contributed by atoms with Crippen LogP contribution >= 0.6 is 11.3 Å². The molecule has 1 nitrogen and oxygen atoms in total. The van der Waals surface area contributed by atoms with E-state index in [0.717, 1.165) is 4.88 Å². The number of fused-ring (bicyclic) bond motifs is 1. The van der Waals surface area contributed by atoms with E-state index in [0.29, 0.717) is 5.92 Å². The smallest absolute Gasteiger partial charge is 0.0768 e. The molecule has 2 aromatic heterocycles. The number of rotatable bonds is 2. The van der Waals surface area contributed by atoms with Gasteiger partial charge in [0.2, 0.25) is 0 Å². The van der Waals surface area contributed by atoms with Gasteiger partial charge >= 0.3 is 0 Å². The molecule has 0 spiro atoms.